The van der Waals surface area contributed by atoms with Gasteiger partial charge in [-0.3, -0.25) is 9.59 Å². The standard InChI is InChI=1S/C11H20N2O4/c1-7-4-13(5-10(6-14)17-7)11(16)8(2)12-9(3)15/h7-8,10,14H,4-6H2,1-3H3,(H,12,15). The van der Waals surface area contributed by atoms with E-state index in [1.807, 2.05) is 6.92 Å². The summed E-state index contributed by atoms with van der Waals surface area (Å²) in [5.41, 5.74) is 0. The fourth-order valence-electron chi connectivity index (χ4n) is 1.97. The monoisotopic (exact) mass is 244 g/mol. The minimum Gasteiger partial charge on any atom is -0.394 e. The molecule has 1 aliphatic heterocycles. The van der Waals surface area contributed by atoms with Gasteiger partial charge in [0.15, 0.2) is 0 Å². The molecule has 0 aromatic carbocycles. The molecule has 2 N–H and O–H groups in total. The summed E-state index contributed by atoms with van der Waals surface area (Å²) in [6, 6.07) is -0.544. The number of amides is 2. The van der Waals surface area contributed by atoms with Gasteiger partial charge in [0.1, 0.15) is 6.04 Å². The summed E-state index contributed by atoms with van der Waals surface area (Å²) in [5.74, 6) is -0.375. The number of hydrogen-bond donors (Lipinski definition) is 2. The van der Waals surface area contributed by atoms with Crippen molar-refractivity contribution in [3.63, 3.8) is 0 Å². The highest BCUT2D eigenvalue weighted by atomic mass is 16.5. The number of ether oxygens (including phenoxy) is 1. The second kappa shape index (κ2) is 5.97. The van der Waals surface area contributed by atoms with Crippen molar-refractivity contribution in [2.75, 3.05) is 19.7 Å². The van der Waals surface area contributed by atoms with Crippen molar-refractivity contribution in [2.45, 2.75) is 39.0 Å². The molecule has 1 heterocycles. The number of aliphatic hydroxyl groups is 1. The van der Waals surface area contributed by atoms with E-state index in [0.717, 1.165) is 0 Å². The molecular formula is C11H20N2O4. The minimum absolute atomic E-state index is 0.102. The van der Waals surface area contributed by atoms with Gasteiger partial charge in [-0.25, -0.2) is 0 Å². The number of carbonyl (C=O) groups excluding carboxylic acids is 2. The Balaban J connectivity index is 2.58. The number of aliphatic hydroxyl groups excluding tert-OH is 1. The summed E-state index contributed by atoms with van der Waals surface area (Å²) in [5, 5.41) is 11.6. The number of nitrogens with one attached hydrogen (secondary N) is 1. The van der Waals surface area contributed by atoms with Crippen LogP contribution in [-0.2, 0) is 14.3 Å². The highest BCUT2D eigenvalue weighted by Crippen LogP contribution is 2.11. The van der Waals surface area contributed by atoms with Gasteiger partial charge >= 0.3 is 0 Å². The van der Waals surface area contributed by atoms with Crippen LogP contribution < -0.4 is 5.32 Å². The predicted molar refractivity (Wildman–Crippen MR) is 61.3 cm³/mol. The quantitative estimate of drug-likeness (QED) is 0.675. The van der Waals surface area contributed by atoms with Crippen LogP contribution in [0.3, 0.4) is 0 Å². The molecule has 0 radical (unpaired) electrons. The summed E-state index contributed by atoms with van der Waals surface area (Å²) < 4.78 is 5.45. The van der Waals surface area contributed by atoms with Gasteiger partial charge in [-0.05, 0) is 13.8 Å². The summed E-state index contributed by atoms with van der Waals surface area (Å²) in [6.07, 6.45) is -0.443. The van der Waals surface area contributed by atoms with E-state index in [1.54, 1.807) is 11.8 Å². The maximum atomic E-state index is 12.0. The van der Waals surface area contributed by atoms with Crippen molar-refractivity contribution in [3.05, 3.63) is 0 Å². The lowest BCUT2D eigenvalue weighted by atomic mass is 10.2. The van der Waals surface area contributed by atoms with E-state index in [-0.39, 0.29) is 30.6 Å². The molecule has 0 saturated carbocycles. The molecule has 0 bridgehead atoms. The van der Waals surface area contributed by atoms with Gasteiger partial charge in [0.2, 0.25) is 11.8 Å². The Labute approximate surface area is 101 Å². The van der Waals surface area contributed by atoms with Crippen molar-refractivity contribution in [3.8, 4) is 0 Å². The van der Waals surface area contributed by atoms with E-state index >= 15 is 0 Å². The zero-order valence-electron chi connectivity index (χ0n) is 10.5. The molecule has 1 saturated heterocycles. The van der Waals surface area contributed by atoms with Gasteiger partial charge in [-0.2, -0.15) is 0 Å². The maximum absolute atomic E-state index is 12.0. The molecule has 0 aromatic rings. The molecule has 3 atom stereocenters. The van der Waals surface area contributed by atoms with Gasteiger partial charge in [0, 0.05) is 20.0 Å². The van der Waals surface area contributed by atoms with Crippen molar-refractivity contribution < 1.29 is 19.4 Å². The van der Waals surface area contributed by atoms with Crippen LogP contribution in [0.4, 0.5) is 0 Å². The molecule has 0 aliphatic carbocycles. The highest BCUT2D eigenvalue weighted by molar-refractivity contribution is 5.86. The molecule has 17 heavy (non-hydrogen) atoms. The number of hydrogen-bond acceptors (Lipinski definition) is 4. The largest absolute Gasteiger partial charge is 0.394 e. The van der Waals surface area contributed by atoms with E-state index in [9.17, 15) is 9.59 Å². The fraction of sp³-hybridized carbons (Fsp3) is 0.818. The number of carbonyl (C=O) groups is 2. The first-order valence-electron chi connectivity index (χ1n) is 5.76. The molecular weight excluding hydrogens is 224 g/mol. The normalized spacial score (nSPS) is 26.5. The molecule has 3 unspecified atom stereocenters. The molecule has 0 spiro atoms. The average Bonchev–Trinajstić information content (AvgIpc) is 2.26. The highest BCUT2D eigenvalue weighted by Gasteiger charge is 2.30. The Hall–Kier alpha value is -1.14. The van der Waals surface area contributed by atoms with Crippen LogP contribution in [-0.4, -0.2) is 59.8 Å². The number of morpholine rings is 1. The Morgan fingerprint density at radius 2 is 2.18 bits per heavy atom. The molecule has 1 rings (SSSR count). The lowest BCUT2D eigenvalue weighted by Crippen LogP contribution is -2.55. The first kappa shape index (κ1) is 13.9. The molecule has 2 amide bonds. The molecule has 0 aromatic heterocycles. The van der Waals surface area contributed by atoms with Crippen LogP contribution in [0.2, 0.25) is 0 Å². The lowest BCUT2D eigenvalue weighted by molar-refractivity contribution is -0.149. The van der Waals surface area contributed by atoms with Crippen molar-refractivity contribution in [2.24, 2.45) is 0 Å². The van der Waals surface area contributed by atoms with Gasteiger partial charge in [0.25, 0.3) is 0 Å². The van der Waals surface area contributed by atoms with E-state index in [2.05, 4.69) is 5.32 Å². The summed E-state index contributed by atoms with van der Waals surface area (Å²) in [4.78, 5) is 24.5. The van der Waals surface area contributed by atoms with Crippen LogP contribution in [0, 0.1) is 0 Å². The van der Waals surface area contributed by atoms with Gasteiger partial charge in [0.05, 0.1) is 18.8 Å². The number of rotatable bonds is 3. The second-order valence-electron chi connectivity index (χ2n) is 4.42. The Bertz CT molecular complexity index is 295. The topological polar surface area (TPSA) is 78.9 Å². The molecule has 1 aliphatic rings. The van der Waals surface area contributed by atoms with Crippen LogP contribution in [0.1, 0.15) is 20.8 Å². The van der Waals surface area contributed by atoms with Crippen molar-refractivity contribution in [1.82, 2.24) is 10.2 Å². The first-order valence-corrected chi connectivity index (χ1v) is 5.76. The van der Waals surface area contributed by atoms with E-state index in [0.29, 0.717) is 13.1 Å². The van der Waals surface area contributed by atoms with Gasteiger partial charge < -0.3 is 20.1 Å². The molecule has 6 heteroatoms. The summed E-state index contributed by atoms with van der Waals surface area (Å²) in [6.45, 7) is 5.62. The molecule has 6 nitrogen and oxygen atoms in total. The summed E-state index contributed by atoms with van der Waals surface area (Å²) in [7, 11) is 0. The fourth-order valence-corrected chi connectivity index (χ4v) is 1.97. The molecule has 1 fully saturated rings. The van der Waals surface area contributed by atoms with Crippen LogP contribution in [0.5, 0.6) is 0 Å². The third-order valence-corrected chi connectivity index (χ3v) is 2.63. The van der Waals surface area contributed by atoms with Crippen LogP contribution in [0.15, 0.2) is 0 Å². The third kappa shape index (κ3) is 3.98. The van der Waals surface area contributed by atoms with Crippen LogP contribution >= 0.6 is 0 Å². The van der Waals surface area contributed by atoms with Crippen molar-refractivity contribution in [1.29, 1.82) is 0 Å². The second-order valence-corrected chi connectivity index (χ2v) is 4.42. The smallest absolute Gasteiger partial charge is 0.245 e. The molecule has 98 valence electrons. The maximum Gasteiger partial charge on any atom is 0.245 e. The number of nitrogens with zero attached hydrogens (tertiary/aromatic N) is 1. The van der Waals surface area contributed by atoms with Crippen LogP contribution in [0.25, 0.3) is 0 Å². The van der Waals surface area contributed by atoms with Crippen molar-refractivity contribution >= 4 is 11.8 Å². The van der Waals surface area contributed by atoms with E-state index in [1.165, 1.54) is 6.92 Å². The average molecular weight is 244 g/mol. The zero-order chi connectivity index (χ0) is 13.0. The van der Waals surface area contributed by atoms with Gasteiger partial charge in [-0.1, -0.05) is 0 Å². The Morgan fingerprint density at radius 3 is 2.71 bits per heavy atom. The Morgan fingerprint density at radius 1 is 1.53 bits per heavy atom. The Kier molecular flexibility index (Phi) is 4.89. The van der Waals surface area contributed by atoms with E-state index < -0.39 is 6.04 Å². The third-order valence-electron chi connectivity index (χ3n) is 2.63. The first-order chi connectivity index (χ1) is 7.93. The minimum atomic E-state index is -0.544. The predicted octanol–water partition coefficient (Wildman–Crippen LogP) is -0.881. The zero-order valence-corrected chi connectivity index (χ0v) is 10.5. The van der Waals surface area contributed by atoms with E-state index in [4.69, 9.17) is 9.84 Å². The summed E-state index contributed by atoms with van der Waals surface area (Å²) >= 11 is 0. The van der Waals surface area contributed by atoms with Gasteiger partial charge in [-0.15, -0.1) is 0 Å². The SMILES string of the molecule is CC(=O)NC(C)C(=O)N1CC(C)OC(CO)C1. The lowest BCUT2D eigenvalue weighted by Gasteiger charge is -2.37.